The molecule has 15 rings (SSSR count). The fraction of sp³-hybridized carbons (Fsp3) is 0.138. The summed E-state index contributed by atoms with van der Waals surface area (Å²) in [7, 11) is 8.76. The van der Waals surface area contributed by atoms with Crippen molar-refractivity contribution >= 4 is 204 Å². The van der Waals surface area contributed by atoms with Crippen molar-refractivity contribution in [1.29, 1.82) is 5.26 Å². The highest BCUT2D eigenvalue weighted by atomic mass is 79.9. The van der Waals surface area contributed by atoms with Gasteiger partial charge in [-0.25, -0.2) is 50.1 Å². The SMILES string of the molecule is CC1(C)C(=O)N(Cl)C(=O)N1Cl.COCC#N.COc1cc(Br)c(F)cc1-n1c(=O)cnc2cc(S(=O)(=O)Cl)ccc21.COc1cc(Br)c(F)cc1-n1c(=O)cnc2cc(SCc3ccccc3)ccc21.COc1cc(Br)c(F)cc1-n1c(=O)cnc2cc(SCc3ccccc3)ccc21.COc1cc(Br)c(F)cc1Nc1ccc(SCc2ccccc2)cc1N. The minimum absolute atomic E-state index is 0.155. The molecular weight excluding hydrogens is 2020 g/mol. The van der Waals surface area contributed by atoms with Crippen molar-refractivity contribution in [3.05, 3.63) is 320 Å². The van der Waals surface area contributed by atoms with Crippen molar-refractivity contribution in [3.8, 4) is 46.1 Å². The van der Waals surface area contributed by atoms with Crippen LogP contribution in [-0.4, -0.2) is 106 Å². The molecule has 3 aromatic heterocycles. The molecule has 4 heterocycles. The summed E-state index contributed by atoms with van der Waals surface area (Å²) in [6.07, 6.45) is 3.49. The lowest BCUT2D eigenvalue weighted by Gasteiger charge is -2.18. The highest BCUT2D eigenvalue weighted by molar-refractivity contribution is 9.11. The van der Waals surface area contributed by atoms with Crippen LogP contribution in [0.2, 0.25) is 0 Å². The molecule has 125 heavy (non-hydrogen) atoms. The molecule has 23 nitrogen and oxygen atoms in total. The molecular formula is C87H70Br4Cl3F4N11O12S4. The number of hydrogen-bond acceptors (Lipinski definition) is 21. The molecule has 0 radical (unpaired) electrons. The van der Waals surface area contributed by atoms with E-state index in [1.54, 1.807) is 47.4 Å². The molecule has 1 aliphatic rings. The number of halogens is 11. The molecule has 0 spiro atoms. The first kappa shape index (κ1) is 96.7. The number of anilines is 3. The molecule has 3 N–H and O–H groups in total. The largest absolute Gasteiger partial charge is 0.495 e. The van der Waals surface area contributed by atoms with Gasteiger partial charge in [-0.15, -0.1) is 35.3 Å². The number of thioether (sulfide) groups is 3. The zero-order valence-corrected chi connectivity index (χ0v) is 78.4. The van der Waals surface area contributed by atoms with E-state index < -0.39 is 49.5 Å². The Labute approximate surface area is 774 Å². The molecule has 1 saturated heterocycles. The van der Waals surface area contributed by atoms with Gasteiger partial charge in [0.15, 0.2) is 0 Å². The molecule has 0 bridgehead atoms. The van der Waals surface area contributed by atoms with Gasteiger partial charge in [-0.2, -0.15) is 9.68 Å². The van der Waals surface area contributed by atoms with E-state index in [2.05, 4.69) is 125 Å². The van der Waals surface area contributed by atoms with Gasteiger partial charge in [0.1, 0.15) is 58.4 Å². The smallest absolute Gasteiger partial charge is 0.357 e. The van der Waals surface area contributed by atoms with Crippen molar-refractivity contribution in [2.75, 3.05) is 53.2 Å². The summed E-state index contributed by atoms with van der Waals surface area (Å²) >= 11 is 28.4. The quantitative estimate of drug-likeness (QED) is 0.0179. The number of nitrogens with one attached hydrogen (secondary N) is 1. The zero-order chi connectivity index (χ0) is 90.6. The summed E-state index contributed by atoms with van der Waals surface area (Å²) in [4.78, 5) is 75.0. The van der Waals surface area contributed by atoms with E-state index >= 15 is 0 Å². The first-order chi connectivity index (χ1) is 59.7. The lowest BCUT2D eigenvalue weighted by atomic mass is 10.1. The number of nitrogen functional groups attached to an aromatic ring is 1. The van der Waals surface area contributed by atoms with E-state index in [9.17, 15) is 50.0 Å². The maximum atomic E-state index is 14.2. The summed E-state index contributed by atoms with van der Waals surface area (Å²) < 4.78 is 111. The predicted molar refractivity (Wildman–Crippen MR) is 498 cm³/mol. The van der Waals surface area contributed by atoms with Crippen molar-refractivity contribution in [3.63, 3.8) is 0 Å². The van der Waals surface area contributed by atoms with E-state index in [1.807, 2.05) is 109 Å². The van der Waals surface area contributed by atoms with Crippen molar-refractivity contribution in [2.24, 2.45) is 0 Å². The number of amides is 3. The minimum Gasteiger partial charge on any atom is -0.495 e. The summed E-state index contributed by atoms with van der Waals surface area (Å²) in [5, 5.41) is 10.8. The molecule has 38 heteroatoms. The second kappa shape index (κ2) is 44.6. The lowest BCUT2D eigenvalue weighted by Crippen LogP contribution is -2.38. The summed E-state index contributed by atoms with van der Waals surface area (Å²) in [5.41, 5.74) is 13.2. The number of nitrogens with two attached hydrogens (primary N) is 1. The highest BCUT2D eigenvalue weighted by Crippen LogP contribution is 2.40. The molecule has 1 aliphatic heterocycles. The molecule has 3 amide bonds. The number of carbonyl (C=O) groups excluding carboxylic acids is 2. The van der Waals surface area contributed by atoms with Crippen molar-refractivity contribution < 1.29 is 59.3 Å². The Kier molecular flexibility index (Phi) is 34.5. The van der Waals surface area contributed by atoms with Crippen LogP contribution in [0.3, 0.4) is 0 Å². The number of methoxy groups -OCH3 is 5. The Morgan fingerprint density at radius 1 is 0.472 bits per heavy atom. The number of imide groups is 1. The third-order valence-corrected chi connectivity index (χ3v) is 25.7. The van der Waals surface area contributed by atoms with Crippen LogP contribution >= 0.6 is 133 Å². The number of ether oxygens (including phenoxy) is 5. The molecule has 1 fully saturated rings. The van der Waals surface area contributed by atoms with Crippen LogP contribution in [0.1, 0.15) is 30.5 Å². The molecule has 0 atom stereocenters. The van der Waals surface area contributed by atoms with E-state index in [0.29, 0.717) is 76.6 Å². The van der Waals surface area contributed by atoms with Gasteiger partial charge in [0, 0.05) is 97.6 Å². The maximum Gasteiger partial charge on any atom is 0.357 e. The van der Waals surface area contributed by atoms with Crippen LogP contribution in [0.15, 0.2) is 283 Å². The van der Waals surface area contributed by atoms with E-state index in [4.69, 9.17) is 64.2 Å². The van der Waals surface area contributed by atoms with Crippen LogP contribution in [0.5, 0.6) is 23.0 Å². The standard InChI is InChI=1S/2C22H16BrFN2O2S.C20H18BrFN2OS.C15H9BrClFN2O4S.C5H6Cl2N2O2.C3H5NO/c2*1-28-21-10-16(23)17(24)11-20(21)26-19-8-7-15(9-18(19)25-12-22(26)27)29-13-14-5-3-2-4-6-14;1-25-20-10-15(21)16(22)11-19(20)24-18-8-7-14(9-17(18)23)26-12-13-5-3-2-4-6-13;1-24-14-5-9(16)10(18)6-13(14)20-12-3-2-8(25(17,22)23)4-11(12)19-7-15(20)21;1-5(2)3(10)8(6)4(11)9(5)7;1-5-3-2-4/h2*2-12H,13H2,1H3;2-11,24H,12,23H2,1H3;2-7H,1H3;1-2H3;3H2,1H3. The van der Waals surface area contributed by atoms with Gasteiger partial charge in [0.25, 0.3) is 31.6 Å². The van der Waals surface area contributed by atoms with Gasteiger partial charge in [0.05, 0.1) is 143 Å². The molecule has 0 aliphatic carbocycles. The fourth-order valence-corrected chi connectivity index (χ4v) is 16.8. The normalized spacial score (nSPS) is 11.9. The summed E-state index contributed by atoms with van der Waals surface area (Å²) in [6.45, 7) is 3.23. The van der Waals surface area contributed by atoms with Gasteiger partial charge in [-0.05, 0) is 191 Å². The average Bonchev–Trinajstić information content (AvgIpc) is 1.55. The molecule has 0 saturated carbocycles. The van der Waals surface area contributed by atoms with E-state index in [1.165, 1.54) is 147 Å². The number of benzene rings is 11. The minimum atomic E-state index is -3.95. The molecule has 0 unspecified atom stereocenters. The first-order valence-electron chi connectivity index (χ1n) is 36.4. The number of fused-ring (bicyclic) bond motifs is 3. The van der Waals surface area contributed by atoms with Gasteiger partial charge >= 0.3 is 6.03 Å². The number of nitrogens with zero attached hydrogens (tertiary/aromatic N) is 9. The molecule has 11 aromatic carbocycles. The van der Waals surface area contributed by atoms with Crippen molar-refractivity contribution in [1.82, 2.24) is 37.5 Å². The third-order valence-electron chi connectivity index (χ3n) is 17.9. The number of urea groups is 1. The van der Waals surface area contributed by atoms with Gasteiger partial charge < -0.3 is 34.7 Å². The number of aromatic nitrogens is 6. The van der Waals surface area contributed by atoms with Gasteiger partial charge in [-0.1, -0.05) is 91.0 Å². The number of hydrogen-bond donors (Lipinski definition) is 2. The summed E-state index contributed by atoms with van der Waals surface area (Å²) in [6, 6.07) is 63.8. The molecule has 646 valence electrons. The second-order valence-electron chi connectivity index (χ2n) is 26.5. The van der Waals surface area contributed by atoms with Crippen LogP contribution in [-0.2, 0) is 35.8 Å². The number of carbonyl (C=O) groups is 2. The number of nitriles is 1. The van der Waals surface area contributed by atoms with Crippen LogP contribution in [0, 0.1) is 34.6 Å². The Morgan fingerprint density at radius 3 is 1.13 bits per heavy atom. The van der Waals surface area contributed by atoms with Gasteiger partial charge in [0.2, 0.25) is 0 Å². The van der Waals surface area contributed by atoms with Crippen LogP contribution in [0.4, 0.5) is 39.4 Å². The van der Waals surface area contributed by atoms with Crippen LogP contribution in [0.25, 0.3) is 50.2 Å². The Bertz CT molecular complexity index is 6470. The second-order valence-corrected chi connectivity index (χ2v) is 36.3. The lowest BCUT2D eigenvalue weighted by molar-refractivity contribution is -0.127. The van der Waals surface area contributed by atoms with Crippen LogP contribution < -0.4 is 46.7 Å². The van der Waals surface area contributed by atoms with Crippen molar-refractivity contribution in [2.45, 2.75) is 56.2 Å². The third kappa shape index (κ3) is 24.6. The van der Waals surface area contributed by atoms with E-state index in [-0.39, 0.29) is 64.3 Å². The first-order valence-corrected chi connectivity index (χ1v) is 45.5. The Morgan fingerprint density at radius 2 is 0.816 bits per heavy atom. The Balaban J connectivity index is 0.000000164. The topological polar surface area (TPSA) is 287 Å². The fourth-order valence-electron chi connectivity index (χ4n) is 11.6. The predicted octanol–water partition coefficient (Wildman–Crippen LogP) is 22.1. The molecule has 14 aromatic rings. The Hall–Kier alpha value is -10.5. The summed E-state index contributed by atoms with van der Waals surface area (Å²) in [5.74, 6) is 1.64. The van der Waals surface area contributed by atoms with E-state index in [0.717, 1.165) is 48.6 Å². The maximum absolute atomic E-state index is 14.2. The number of rotatable bonds is 20. The highest BCUT2D eigenvalue weighted by Gasteiger charge is 2.51. The monoisotopic (exact) mass is 2080 g/mol. The zero-order valence-electron chi connectivity index (χ0n) is 66.6. The average molecular weight is 2090 g/mol. The van der Waals surface area contributed by atoms with Gasteiger partial charge in [-0.3, -0.25) is 32.9 Å².